The smallest absolute Gasteiger partial charge is 0.368 e. The number of epoxide rings is 1. The van der Waals surface area contributed by atoms with Crippen LogP contribution in [0.15, 0.2) is 57.6 Å². The molecule has 6 rings (SSSR count). The second-order valence-corrected chi connectivity index (χ2v) is 7.68. The predicted molar refractivity (Wildman–Crippen MR) is 104 cm³/mol. The number of alkyl halides is 3. The van der Waals surface area contributed by atoms with Crippen LogP contribution in [-0.2, 0) is 23.8 Å². The lowest BCUT2D eigenvalue weighted by atomic mass is 9.87. The average molecular weight is 424 g/mol. The number of hydrogen-bond donors (Lipinski definition) is 0. The van der Waals surface area contributed by atoms with E-state index in [-0.39, 0.29) is 23.3 Å². The molecular weight excluding hydrogens is 409 g/mol. The van der Waals surface area contributed by atoms with Gasteiger partial charge in [-0.15, -0.1) is 0 Å². The third kappa shape index (κ3) is 2.97. The first-order chi connectivity index (χ1) is 15.0. The molecule has 2 aromatic carbocycles. The quantitative estimate of drug-likeness (QED) is 0.386. The zero-order valence-electron chi connectivity index (χ0n) is 16.1. The lowest BCUT2D eigenvalue weighted by Crippen LogP contribution is -2.08. The van der Waals surface area contributed by atoms with Crippen LogP contribution in [0.5, 0.6) is 0 Å². The van der Waals surface area contributed by atoms with Crippen LogP contribution in [0, 0.1) is 0 Å². The Morgan fingerprint density at radius 2 is 1.61 bits per heavy atom. The number of nitrogens with zero attached hydrogens (tertiary/aromatic N) is 2. The molecule has 31 heavy (non-hydrogen) atoms. The van der Waals surface area contributed by atoms with Crippen molar-refractivity contribution in [2.45, 2.75) is 25.1 Å². The Hall–Kier alpha value is -3.39. The maximum Gasteiger partial charge on any atom is 0.422 e. The molecule has 0 spiro atoms. The Bertz CT molecular complexity index is 1290. The first-order valence-electron chi connectivity index (χ1n) is 9.86. The maximum atomic E-state index is 14.0. The number of rotatable bonds is 3. The normalized spacial score (nSPS) is 17.3. The number of aryl methyl sites for hydroxylation is 1. The summed E-state index contributed by atoms with van der Waals surface area (Å²) in [5.74, 6) is -0.327. The van der Waals surface area contributed by atoms with Crippen LogP contribution in [0.1, 0.15) is 28.4 Å². The van der Waals surface area contributed by atoms with Crippen LogP contribution >= 0.6 is 0 Å². The van der Waals surface area contributed by atoms with Gasteiger partial charge in [-0.1, -0.05) is 58.8 Å². The first-order valence-corrected chi connectivity index (χ1v) is 9.86. The van der Waals surface area contributed by atoms with Crippen molar-refractivity contribution in [2.24, 2.45) is 0 Å². The molecule has 1 fully saturated rings. The van der Waals surface area contributed by atoms with E-state index >= 15 is 0 Å². The van der Waals surface area contributed by atoms with Gasteiger partial charge in [0.1, 0.15) is 17.4 Å². The summed E-state index contributed by atoms with van der Waals surface area (Å²) in [6, 6.07) is 14.1. The van der Waals surface area contributed by atoms with E-state index < -0.39 is 11.7 Å². The molecule has 1 unspecified atom stereocenters. The standard InChI is InChI=1S/C23H15F3N2O3/c24-23(25,26)18-20(28-30-21(18)12-4-2-1-3-5-12)22-16-9-6-13-10-14(17-11-29-17)7-8-15(13)19(16)27-31-22/h1-5,7-8,10,17H,6,9,11H2. The maximum absolute atomic E-state index is 14.0. The molecule has 0 saturated carbocycles. The number of ether oxygens (including phenoxy) is 1. The number of aromatic nitrogens is 2. The molecular formula is C23H15F3N2O3. The lowest BCUT2D eigenvalue weighted by molar-refractivity contribution is -0.136. The highest BCUT2D eigenvalue weighted by atomic mass is 19.4. The van der Waals surface area contributed by atoms with Gasteiger partial charge in [-0.25, -0.2) is 0 Å². The molecule has 0 radical (unpaired) electrons. The van der Waals surface area contributed by atoms with Crippen LogP contribution in [0.3, 0.4) is 0 Å². The molecule has 0 N–H and O–H groups in total. The fourth-order valence-electron chi connectivity index (χ4n) is 4.19. The van der Waals surface area contributed by atoms with E-state index in [1.165, 1.54) is 0 Å². The molecule has 8 heteroatoms. The van der Waals surface area contributed by atoms with Gasteiger partial charge in [0, 0.05) is 16.7 Å². The Morgan fingerprint density at radius 3 is 2.35 bits per heavy atom. The minimum atomic E-state index is -4.67. The molecule has 1 saturated heterocycles. The van der Waals surface area contributed by atoms with Gasteiger partial charge in [0.05, 0.1) is 6.61 Å². The number of fused-ring (bicyclic) bond motifs is 3. The van der Waals surface area contributed by atoms with Gasteiger partial charge in [-0.2, -0.15) is 13.2 Å². The van der Waals surface area contributed by atoms with Crippen molar-refractivity contribution in [3.63, 3.8) is 0 Å². The summed E-state index contributed by atoms with van der Waals surface area (Å²) in [6.45, 7) is 0.717. The fraction of sp³-hybridized carbons (Fsp3) is 0.217. The largest absolute Gasteiger partial charge is 0.422 e. The van der Waals surface area contributed by atoms with Crippen molar-refractivity contribution < 1.29 is 27.0 Å². The SMILES string of the molecule is FC(F)(F)c1c(-c2onc3c2CCc2cc(C4CO4)ccc2-3)noc1-c1ccccc1. The van der Waals surface area contributed by atoms with Gasteiger partial charge in [-0.3, -0.25) is 0 Å². The van der Waals surface area contributed by atoms with E-state index in [1.807, 2.05) is 12.1 Å². The number of benzene rings is 2. The van der Waals surface area contributed by atoms with E-state index in [0.29, 0.717) is 36.3 Å². The van der Waals surface area contributed by atoms with Crippen LogP contribution in [-0.4, -0.2) is 16.9 Å². The molecule has 4 aromatic rings. The molecule has 5 nitrogen and oxygen atoms in total. The molecule has 2 aromatic heterocycles. The third-order valence-electron chi connectivity index (χ3n) is 5.75. The zero-order chi connectivity index (χ0) is 21.2. The molecule has 1 atom stereocenters. The Balaban J connectivity index is 1.48. The number of hydrogen-bond acceptors (Lipinski definition) is 5. The van der Waals surface area contributed by atoms with Crippen molar-refractivity contribution in [1.29, 1.82) is 0 Å². The molecule has 0 amide bonds. The first kappa shape index (κ1) is 18.4. The van der Waals surface area contributed by atoms with Crippen molar-refractivity contribution >= 4 is 0 Å². The van der Waals surface area contributed by atoms with E-state index in [2.05, 4.69) is 16.4 Å². The molecule has 3 heterocycles. The molecule has 1 aliphatic carbocycles. The van der Waals surface area contributed by atoms with Gasteiger partial charge in [0.15, 0.2) is 17.2 Å². The second-order valence-electron chi connectivity index (χ2n) is 7.68. The number of halogens is 3. The van der Waals surface area contributed by atoms with Gasteiger partial charge in [0.2, 0.25) is 0 Å². The monoisotopic (exact) mass is 424 g/mol. The summed E-state index contributed by atoms with van der Waals surface area (Å²) >= 11 is 0. The summed E-state index contributed by atoms with van der Waals surface area (Å²) in [6.07, 6.45) is -3.37. The van der Waals surface area contributed by atoms with Gasteiger partial charge >= 0.3 is 6.18 Å². The summed E-state index contributed by atoms with van der Waals surface area (Å²) in [7, 11) is 0. The Labute approximate surface area is 174 Å². The summed E-state index contributed by atoms with van der Waals surface area (Å²) in [4.78, 5) is 0. The second kappa shape index (κ2) is 6.55. The van der Waals surface area contributed by atoms with Crippen LogP contribution in [0.2, 0.25) is 0 Å². The topological polar surface area (TPSA) is 64.6 Å². The Kier molecular flexibility index (Phi) is 3.89. The molecule has 0 bridgehead atoms. The van der Waals surface area contributed by atoms with E-state index in [9.17, 15) is 13.2 Å². The summed E-state index contributed by atoms with van der Waals surface area (Å²) < 4.78 is 58.1. The minimum absolute atomic E-state index is 0.00788. The van der Waals surface area contributed by atoms with E-state index in [4.69, 9.17) is 13.8 Å². The highest BCUT2D eigenvalue weighted by molar-refractivity contribution is 5.79. The lowest BCUT2D eigenvalue weighted by Gasteiger charge is -2.16. The van der Waals surface area contributed by atoms with Crippen molar-refractivity contribution in [2.75, 3.05) is 6.61 Å². The zero-order valence-corrected chi connectivity index (χ0v) is 16.1. The highest BCUT2D eigenvalue weighted by Gasteiger charge is 2.43. The minimum Gasteiger partial charge on any atom is -0.368 e. The molecule has 2 aliphatic rings. The van der Waals surface area contributed by atoms with E-state index in [0.717, 1.165) is 16.7 Å². The molecule has 156 valence electrons. The average Bonchev–Trinajstić information content (AvgIpc) is 3.37. The molecule has 1 aliphatic heterocycles. The van der Waals surface area contributed by atoms with Crippen molar-refractivity contribution in [3.05, 3.63) is 70.8 Å². The van der Waals surface area contributed by atoms with Crippen molar-refractivity contribution in [3.8, 4) is 34.0 Å². The van der Waals surface area contributed by atoms with Crippen LogP contribution < -0.4 is 0 Å². The van der Waals surface area contributed by atoms with Gasteiger partial charge in [0.25, 0.3) is 0 Å². The van der Waals surface area contributed by atoms with Gasteiger partial charge in [-0.05, 0) is 24.0 Å². The van der Waals surface area contributed by atoms with Crippen molar-refractivity contribution in [1.82, 2.24) is 10.3 Å². The van der Waals surface area contributed by atoms with Crippen LogP contribution in [0.25, 0.3) is 34.0 Å². The summed E-state index contributed by atoms with van der Waals surface area (Å²) in [5, 5.41) is 7.88. The van der Waals surface area contributed by atoms with Gasteiger partial charge < -0.3 is 13.8 Å². The third-order valence-corrected chi connectivity index (χ3v) is 5.75. The summed E-state index contributed by atoms with van der Waals surface area (Å²) in [5.41, 5.74) is 3.19. The Morgan fingerprint density at radius 1 is 0.871 bits per heavy atom. The van der Waals surface area contributed by atoms with Crippen LogP contribution in [0.4, 0.5) is 13.2 Å². The van der Waals surface area contributed by atoms with E-state index in [1.54, 1.807) is 30.3 Å². The predicted octanol–water partition coefficient (Wildman–Crippen LogP) is 5.85. The fourth-order valence-corrected chi connectivity index (χ4v) is 4.19. The highest BCUT2D eigenvalue weighted by Crippen LogP contribution is 2.46.